The van der Waals surface area contributed by atoms with Crippen LogP contribution in [0.15, 0.2) is 24.3 Å². The molecule has 1 aromatic rings. The van der Waals surface area contributed by atoms with Crippen LogP contribution in [0.4, 0.5) is 0 Å². The fourth-order valence-electron chi connectivity index (χ4n) is 2.03. The number of nitrogens with zero attached hydrogens (tertiary/aromatic N) is 1. The Labute approximate surface area is 94.8 Å². The van der Waals surface area contributed by atoms with Crippen molar-refractivity contribution in [2.24, 2.45) is 0 Å². The molecule has 15 heavy (non-hydrogen) atoms. The van der Waals surface area contributed by atoms with E-state index in [1.807, 2.05) is 18.2 Å². The van der Waals surface area contributed by atoms with Crippen LogP contribution < -0.4 is 0 Å². The van der Waals surface area contributed by atoms with Crippen LogP contribution in [0.2, 0.25) is 0 Å². The minimum atomic E-state index is -0.357. The van der Waals surface area contributed by atoms with E-state index in [-0.39, 0.29) is 5.24 Å². The number of likely N-dealkylation sites (tertiary alicyclic amines) is 1. The van der Waals surface area contributed by atoms with E-state index in [1.165, 1.54) is 12.8 Å². The molecule has 2 nitrogen and oxygen atoms in total. The first-order valence-electron chi connectivity index (χ1n) is 5.27. The lowest BCUT2D eigenvalue weighted by Gasteiger charge is -2.15. The molecule has 0 N–H and O–H groups in total. The summed E-state index contributed by atoms with van der Waals surface area (Å²) in [4.78, 5) is 13.5. The molecule has 80 valence electrons. The Morgan fingerprint density at radius 2 is 1.93 bits per heavy atom. The van der Waals surface area contributed by atoms with Crippen LogP contribution in [0.5, 0.6) is 0 Å². The average molecular weight is 224 g/mol. The molecule has 0 atom stereocenters. The van der Waals surface area contributed by atoms with Gasteiger partial charge in [0, 0.05) is 12.1 Å². The maximum Gasteiger partial charge on any atom is 0.252 e. The fourth-order valence-corrected chi connectivity index (χ4v) is 2.22. The SMILES string of the molecule is O=C(Cl)c1ccccc1CN1CCCC1. The second-order valence-electron chi connectivity index (χ2n) is 3.91. The molecule has 0 bridgehead atoms. The van der Waals surface area contributed by atoms with Crippen molar-refractivity contribution in [2.75, 3.05) is 13.1 Å². The maximum atomic E-state index is 11.2. The van der Waals surface area contributed by atoms with Crippen LogP contribution in [0.25, 0.3) is 0 Å². The number of hydrogen-bond acceptors (Lipinski definition) is 2. The first kappa shape index (κ1) is 10.7. The molecule has 2 rings (SSSR count). The zero-order chi connectivity index (χ0) is 10.7. The molecule has 1 aliphatic heterocycles. The van der Waals surface area contributed by atoms with E-state index in [4.69, 9.17) is 11.6 Å². The third-order valence-electron chi connectivity index (χ3n) is 2.82. The van der Waals surface area contributed by atoms with Crippen molar-refractivity contribution in [3.8, 4) is 0 Å². The molecule has 0 radical (unpaired) electrons. The molecular weight excluding hydrogens is 210 g/mol. The molecule has 0 unspecified atom stereocenters. The van der Waals surface area contributed by atoms with Gasteiger partial charge in [-0.05, 0) is 49.2 Å². The topological polar surface area (TPSA) is 20.3 Å². The monoisotopic (exact) mass is 223 g/mol. The summed E-state index contributed by atoms with van der Waals surface area (Å²) in [6, 6.07) is 7.58. The predicted octanol–water partition coefficient (Wildman–Crippen LogP) is 2.66. The summed E-state index contributed by atoms with van der Waals surface area (Å²) in [6.07, 6.45) is 2.52. The van der Waals surface area contributed by atoms with Crippen molar-refractivity contribution < 1.29 is 4.79 Å². The molecule has 1 aromatic carbocycles. The summed E-state index contributed by atoms with van der Waals surface area (Å²) in [6.45, 7) is 3.10. The fraction of sp³-hybridized carbons (Fsp3) is 0.417. The first-order valence-corrected chi connectivity index (χ1v) is 5.65. The quantitative estimate of drug-likeness (QED) is 0.735. The lowest BCUT2D eigenvalue weighted by atomic mass is 10.1. The molecule has 0 spiro atoms. The van der Waals surface area contributed by atoms with Crippen molar-refractivity contribution in [2.45, 2.75) is 19.4 Å². The lowest BCUT2D eigenvalue weighted by Crippen LogP contribution is -2.19. The Morgan fingerprint density at radius 1 is 1.27 bits per heavy atom. The second-order valence-corrected chi connectivity index (χ2v) is 4.26. The second kappa shape index (κ2) is 4.77. The summed E-state index contributed by atoms with van der Waals surface area (Å²) >= 11 is 5.54. The van der Waals surface area contributed by atoms with E-state index in [0.717, 1.165) is 25.2 Å². The lowest BCUT2D eigenvalue weighted by molar-refractivity contribution is 0.107. The van der Waals surface area contributed by atoms with Gasteiger partial charge in [-0.25, -0.2) is 0 Å². The highest BCUT2D eigenvalue weighted by atomic mass is 35.5. The zero-order valence-corrected chi connectivity index (χ0v) is 9.33. The van der Waals surface area contributed by atoms with Gasteiger partial charge in [-0.1, -0.05) is 18.2 Å². The van der Waals surface area contributed by atoms with Crippen molar-refractivity contribution in [3.05, 3.63) is 35.4 Å². The van der Waals surface area contributed by atoms with Gasteiger partial charge >= 0.3 is 0 Å². The average Bonchev–Trinajstić information content (AvgIpc) is 2.71. The van der Waals surface area contributed by atoms with Crippen molar-refractivity contribution >= 4 is 16.8 Å². The first-order chi connectivity index (χ1) is 7.27. The number of benzene rings is 1. The van der Waals surface area contributed by atoms with E-state index < -0.39 is 0 Å². The minimum Gasteiger partial charge on any atom is -0.299 e. The van der Waals surface area contributed by atoms with Crippen LogP contribution in [0.1, 0.15) is 28.8 Å². The Balaban J connectivity index is 2.15. The number of hydrogen-bond donors (Lipinski definition) is 0. The molecule has 1 saturated heterocycles. The predicted molar refractivity (Wildman–Crippen MR) is 61.1 cm³/mol. The van der Waals surface area contributed by atoms with Gasteiger partial charge in [-0.15, -0.1) is 0 Å². The summed E-state index contributed by atoms with van der Waals surface area (Å²) in [5.74, 6) is 0. The third-order valence-corrected chi connectivity index (χ3v) is 3.03. The Bertz CT molecular complexity index is 358. The molecular formula is C12H14ClNO. The Kier molecular flexibility index (Phi) is 3.39. The zero-order valence-electron chi connectivity index (χ0n) is 8.58. The standard InChI is InChI=1S/C12H14ClNO/c13-12(15)11-6-2-1-5-10(11)9-14-7-3-4-8-14/h1-2,5-6H,3-4,7-9H2. The minimum absolute atomic E-state index is 0.357. The Hall–Kier alpha value is -0.860. The summed E-state index contributed by atoms with van der Waals surface area (Å²) in [7, 11) is 0. The third kappa shape index (κ3) is 2.58. The van der Waals surface area contributed by atoms with Gasteiger partial charge in [-0.3, -0.25) is 9.69 Å². The van der Waals surface area contributed by atoms with Crippen molar-refractivity contribution in [1.82, 2.24) is 4.90 Å². The smallest absolute Gasteiger partial charge is 0.252 e. The van der Waals surface area contributed by atoms with E-state index >= 15 is 0 Å². The highest BCUT2D eigenvalue weighted by Crippen LogP contribution is 2.17. The van der Waals surface area contributed by atoms with E-state index in [2.05, 4.69) is 4.90 Å². The molecule has 1 heterocycles. The van der Waals surface area contributed by atoms with E-state index in [1.54, 1.807) is 6.07 Å². The van der Waals surface area contributed by atoms with Gasteiger partial charge < -0.3 is 0 Å². The van der Waals surface area contributed by atoms with Gasteiger partial charge in [0.1, 0.15) is 0 Å². The molecule has 0 amide bonds. The van der Waals surface area contributed by atoms with Crippen LogP contribution in [-0.2, 0) is 6.54 Å². The van der Waals surface area contributed by atoms with Crippen LogP contribution in [-0.4, -0.2) is 23.2 Å². The summed E-state index contributed by atoms with van der Waals surface area (Å²) in [5.41, 5.74) is 1.69. The molecule has 0 aliphatic carbocycles. The molecule has 0 saturated carbocycles. The number of halogens is 1. The highest BCUT2D eigenvalue weighted by Gasteiger charge is 2.15. The number of rotatable bonds is 3. The van der Waals surface area contributed by atoms with Crippen LogP contribution in [0, 0.1) is 0 Å². The Morgan fingerprint density at radius 3 is 2.60 bits per heavy atom. The molecule has 3 heteroatoms. The van der Waals surface area contributed by atoms with Gasteiger partial charge in [0.15, 0.2) is 0 Å². The summed E-state index contributed by atoms with van der Waals surface area (Å²) < 4.78 is 0. The van der Waals surface area contributed by atoms with E-state index in [9.17, 15) is 4.79 Å². The van der Waals surface area contributed by atoms with Crippen molar-refractivity contribution in [3.63, 3.8) is 0 Å². The van der Waals surface area contributed by atoms with Crippen LogP contribution >= 0.6 is 11.6 Å². The maximum absolute atomic E-state index is 11.2. The molecule has 0 aromatic heterocycles. The highest BCUT2D eigenvalue weighted by molar-refractivity contribution is 6.67. The van der Waals surface area contributed by atoms with Gasteiger partial charge in [0.05, 0.1) is 0 Å². The molecule has 1 fully saturated rings. The number of carbonyl (C=O) groups excluding carboxylic acids is 1. The largest absolute Gasteiger partial charge is 0.299 e. The number of carbonyl (C=O) groups is 1. The normalized spacial score (nSPS) is 16.9. The van der Waals surface area contributed by atoms with Gasteiger partial charge in [-0.2, -0.15) is 0 Å². The van der Waals surface area contributed by atoms with E-state index in [0.29, 0.717) is 5.56 Å². The van der Waals surface area contributed by atoms with Crippen molar-refractivity contribution in [1.29, 1.82) is 0 Å². The van der Waals surface area contributed by atoms with Gasteiger partial charge in [0.25, 0.3) is 5.24 Å². The van der Waals surface area contributed by atoms with Gasteiger partial charge in [0.2, 0.25) is 0 Å². The van der Waals surface area contributed by atoms with Crippen LogP contribution in [0.3, 0.4) is 0 Å². The summed E-state index contributed by atoms with van der Waals surface area (Å²) in [5, 5.41) is -0.357. The molecule has 1 aliphatic rings.